The molecule has 0 unspecified atom stereocenters. The zero-order valence-corrected chi connectivity index (χ0v) is 13.8. The van der Waals surface area contributed by atoms with Crippen LogP contribution >= 0.6 is 11.3 Å². The first-order valence-corrected chi connectivity index (χ1v) is 8.49. The Labute approximate surface area is 135 Å². The molecule has 0 aromatic carbocycles. The van der Waals surface area contributed by atoms with E-state index >= 15 is 0 Å². The molecule has 0 saturated carbocycles. The van der Waals surface area contributed by atoms with Gasteiger partial charge in [0, 0.05) is 39.3 Å². The van der Waals surface area contributed by atoms with Crippen molar-refractivity contribution < 1.29 is 4.79 Å². The van der Waals surface area contributed by atoms with Gasteiger partial charge in [0.25, 0.3) is 5.91 Å². The molecule has 1 saturated heterocycles. The Kier molecular flexibility index (Phi) is 4.43. The van der Waals surface area contributed by atoms with Crippen molar-refractivity contribution in [2.24, 2.45) is 0 Å². The molecule has 3 heterocycles. The van der Waals surface area contributed by atoms with Gasteiger partial charge in [0.1, 0.15) is 5.82 Å². The van der Waals surface area contributed by atoms with Gasteiger partial charge in [-0.15, -0.1) is 11.3 Å². The number of thiophene rings is 1. The number of amides is 1. The number of anilines is 1. The van der Waals surface area contributed by atoms with E-state index in [-0.39, 0.29) is 5.91 Å². The first kappa shape index (κ1) is 15.0. The minimum absolute atomic E-state index is 0.168. The first-order chi connectivity index (χ1) is 10.6. The summed E-state index contributed by atoms with van der Waals surface area (Å²) in [5.74, 6) is 1.54. The van der Waals surface area contributed by atoms with Crippen molar-refractivity contribution in [2.75, 3.05) is 32.1 Å². The van der Waals surface area contributed by atoms with Gasteiger partial charge in [0.15, 0.2) is 0 Å². The second-order valence-corrected chi connectivity index (χ2v) is 6.86. The molecule has 0 N–H and O–H groups in total. The Morgan fingerprint density at radius 3 is 3.00 bits per heavy atom. The number of hydrogen-bond donors (Lipinski definition) is 0. The zero-order valence-electron chi connectivity index (χ0n) is 13.0. The molecule has 1 atom stereocenters. The number of rotatable bonds is 3. The Hall–Kier alpha value is -1.88. The SMILES string of the molecule is CN(C)c1cc([C@@H]2CCCN(C(=O)c3cccs3)C2)ccn1. The van der Waals surface area contributed by atoms with Crippen LogP contribution < -0.4 is 4.90 Å². The number of piperidine rings is 1. The van der Waals surface area contributed by atoms with Gasteiger partial charge in [0.2, 0.25) is 0 Å². The van der Waals surface area contributed by atoms with Crippen molar-refractivity contribution in [3.63, 3.8) is 0 Å². The molecular weight excluding hydrogens is 294 g/mol. The van der Waals surface area contributed by atoms with Crippen molar-refractivity contribution in [1.82, 2.24) is 9.88 Å². The molecule has 1 aliphatic rings. The molecule has 1 fully saturated rings. The lowest BCUT2D eigenvalue weighted by molar-refractivity contribution is 0.0712. The highest BCUT2D eigenvalue weighted by Crippen LogP contribution is 2.29. The summed E-state index contributed by atoms with van der Waals surface area (Å²) in [4.78, 5) is 21.8. The third kappa shape index (κ3) is 3.14. The van der Waals surface area contributed by atoms with E-state index in [0.29, 0.717) is 5.92 Å². The lowest BCUT2D eigenvalue weighted by atomic mass is 9.91. The summed E-state index contributed by atoms with van der Waals surface area (Å²) in [6.45, 7) is 1.66. The van der Waals surface area contributed by atoms with Crippen LogP contribution in [-0.2, 0) is 0 Å². The Morgan fingerprint density at radius 2 is 2.27 bits per heavy atom. The maximum absolute atomic E-state index is 12.5. The average molecular weight is 315 g/mol. The molecular formula is C17H21N3OS. The third-order valence-electron chi connectivity index (χ3n) is 4.14. The minimum atomic E-state index is 0.168. The quantitative estimate of drug-likeness (QED) is 0.872. The largest absolute Gasteiger partial charge is 0.363 e. The van der Waals surface area contributed by atoms with Gasteiger partial charge in [-0.1, -0.05) is 6.07 Å². The van der Waals surface area contributed by atoms with Crippen LogP contribution in [0.25, 0.3) is 0 Å². The summed E-state index contributed by atoms with van der Waals surface area (Å²) in [5, 5.41) is 1.96. The van der Waals surface area contributed by atoms with E-state index < -0.39 is 0 Å². The van der Waals surface area contributed by atoms with Gasteiger partial charge in [-0.2, -0.15) is 0 Å². The summed E-state index contributed by atoms with van der Waals surface area (Å²) in [5.41, 5.74) is 1.28. The predicted molar refractivity (Wildman–Crippen MR) is 90.8 cm³/mol. The number of nitrogens with zero attached hydrogens (tertiary/aromatic N) is 3. The molecule has 0 radical (unpaired) electrons. The van der Waals surface area contributed by atoms with Crippen molar-refractivity contribution in [1.29, 1.82) is 0 Å². The Balaban J connectivity index is 1.75. The average Bonchev–Trinajstić information content (AvgIpc) is 3.09. The summed E-state index contributed by atoms with van der Waals surface area (Å²) in [7, 11) is 4.00. The van der Waals surface area contributed by atoms with Gasteiger partial charge in [-0.25, -0.2) is 4.98 Å². The highest BCUT2D eigenvalue weighted by Gasteiger charge is 2.26. The van der Waals surface area contributed by atoms with E-state index in [0.717, 1.165) is 36.6 Å². The monoisotopic (exact) mass is 315 g/mol. The van der Waals surface area contributed by atoms with Crippen LogP contribution in [-0.4, -0.2) is 43.0 Å². The number of pyridine rings is 1. The van der Waals surface area contributed by atoms with Crippen molar-refractivity contribution in [2.45, 2.75) is 18.8 Å². The second kappa shape index (κ2) is 6.48. The van der Waals surface area contributed by atoms with Gasteiger partial charge in [-0.05, 0) is 42.0 Å². The number of aromatic nitrogens is 1. The molecule has 1 amide bonds. The normalized spacial score (nSPS) is 18.3. The van der Waals surface area contributed by atoms with Gasteiger partial charge < -0.3 is 9.80 Å². The van der Waals surface area contributed by atoms with Crippen molar-refractivity contribution in [3.05, 3.63) is 46.3 Å². The van der Waals surface area contributed by atoms with Crippen LogP contribution in [0, 0.1) is 0 Å². The smallest absolute Gasteiger partial charge is 0.263 e. The van der Waals surface area contributed by atoms with Gasteiger partial charge in [-0.3, -0.25) is 4.79 Å². The zero-order chi connectivity index (χ0) is 15.5. The Bertz CT molecular complexity index is 639. The molecule has 3 rings (SSSR count). The van der Waals surface area contributed by atoms with Crippen LogP contribution in [0.4, 0.5) is 5.82 Å². The Morgan fingerprint density at radius 1 is 1.41 bits per heavy atom. The molecule has 2 aromatic rings. The van der Waals surface area contributed by atoms with Gasteiger partial charge in [0.05, 0.1) is 4.88 Å². The number of hydrogen-bond acceptors (Lipinski definition) is 4. The summed E-state index contributed by atoms with van der Waals surface area (Å²) < 4.78 is 0. The van der Waals surface area contributed by atoms with Crippen LogP contribution in [0.3, 0.4) is 0 Å². The maximum Gasteiger partial charge on any atom is 0.263 e. The number of carbonyl (C=O) groups excluding carboxylic acids is 1. The summed E-state index contributed by atoms with van der Waals surface area (Å²) in [6, 6.07) is 8.07. The second-order valence-electron chi connectivity index (χ2n) is 5.91. The fraction of sp³-hybridized carbons (Fsp3) is 0.412. The fourth-order valence-corrected chi connectivity index (χ4v) is 3.61. The molecule has 1 aliphatic heterocycles. The molecule has 116 valence electrons. The van der Waals surface area contributed by atoms with E-state index in [1.54, 1.807) is 0 Å². The minimum Gasteiger partial charge on any atom is -0.363 e. The fourth-order valence-electron chi connectivity index (χ4n) is 2.92. The first-order valence-electron chi connectivity index (χ1n) is 7.61. The summed E-state index contributed by atoms with van der Waals surface area (Å²) in [6.07, 6.45) is 4.05. The molecule has 0 spiro atoms. The number of likely N-dealkylation sites (tertiary alicyclic amines) is 1. The van der Waals surface area contributed by atoms with E-state index in [1.165, 1.54) is 16.9 Å². The summed E-state index contributed by atoms with van der Waals surface area (Å²) >= 11 is 1.52. The molecule has 4 nitrogen and oxygen atoms in total. The van der Waals surface area contributed by atoms with Crippen LogP contribution in [0.15, 0.2) is 35.8 Å². The lowest BCUT2D eigenvalue weighted by Crippen LogP contribution is -2.38. The molecule has 22 heavy (non-hydrogen) atoms. The van der Waals surface area contributed by atoms with E-state index in [2.05, 4.69) is 17.1 Å². The van der Waals surface area contributed by atoms with E-state index in [1.807, 2.05) is 47.6 Å². The lowest BCUT2D eigenvalue weighted by Gasteiger charge is -2.33. The van der Waals surface area contributed by atoms with Crippen LogP contribution in [0.5, 0.6) is 0 Å². The topological polar surface area (TPSA) is 36.4 Å². The van der Waals surface area contributed by atoms with Crippen LogP contribution in [0.2, 0.25) is 0 Å². The number of carbonyl (C=O) groups is 1. The predicted octanol–water partition coefficient (Wildman–Crippen LogP) is 3.23. The standard InChI is InChI=1S/C17H21N3OS/c1-19(2)16-11-13(7-8-18-16)14-5-3-9-20(12-14)17(21)15-6-4-10-22-15/h4,6-8,10-11,14H,3,5,9,12H2,1-2H3/t14-/m1/s1. The van der Waals surface area contributed by atoms with E-state index in [4.69, 9.17) is 0 Å². The molecule has 0 aliphatic carbocycles. The third-order valence-corrected chi connectivity index (χ3v) is 5.00. The highest BCUT2D eigenvalue weighted by molar-refractivity contribution is 7.12. The van der Waals surface area contributed by atoms with Crippen molar-refractivity contribution >= 4 is 23.1 Å². The molecule has 0 bridgehead atoms. The van der Waals surface area contributed by atoms with Crippen LogP contribution in [0.1, 0.15) is 34.0 Å². The van der Waals surface area contributed by atoms with Crippen molar-refractivity contribution in [3.8, 4) is 0 Å². The molecule has 2 aromatic heterocycles. The maximum atomic E-state index is 12.5. The molecule has 5 heteroatoms. The van der Waals surface area contributed by atoms with E-state index in [9.17, 15) is 4.79 Å². The van der Waals surface area contributed by atoms with Gasteiger partial charge >= 0.3 is 0 Å². The highest BCUT2D eigenvalue weighted by atomic mass is 32.1.